The number of hydrogen-bond acceptors (Lipinski definition) is 5. The number of ether oxygens (including phenoxy) is 1. The van der Waals surface area contributed by atoms with Gasteiger partial charge < -0.3 is 4.74 Å². The molecule has 0 unspecified atom stereocenters. The molecule has 21 heavy (non-hydrogen) atoms. The second-order valence-electron chi connectivity index (χ2n) is 5.89. The summed E-state index contributed by atoms with van der Waals surface area (Å²) < 4.78 is 5.37. The lowest BCUT2D eigenvalue weighted by molar-refractivity contribution is -0.118. The molecule has 0 saturated heterocycles. The molecule has 1 aromatic carbocycles. The molecule has 0 aliphatic rings. The third kappa shape index (κ3) is 5.51. The van der Waals surface area contributed by atoms with Gasteiger partial charge in [0.15, 0.2) is 6.61 Å². The van der Waals surface area contributed by atoms with E-state index in [1.165, 1.54) is 11.3 Å². The second kappa shape index (κ2) is 6.67. The van der Waals surface area contributed by atoms with Crippen LogP contribution >= 0.6 is 11.3 Å². The maximum Gasteiger partial charge on any atom is 0.264 e. The average molecular weight is 305 g/mol. The Labute approximate surface area is 128 Å². The fourth-order valence-electron chi connectivity index (χ4n) is 1.65. The van der Waals surface area contributed by atoms with Crippen molar-refractivity contribution in [1.29, 1.82) is 0 Å². The van der Waals surface area contributed by atoms with E-state index in [1.807, 2.05) is 18.2 Å². The van der Waals surface area contributed by atoms with Crippen molar-refractivity contribution in [3.8, 4) is 5.75 Å². The summed E-state index contributed by atoms with van der Waals surface area (Å²) in [6.45, 7) is 6.37. The third-order valence-corrected chi connectivity index (χ3v) is 3.35. The Hall–Kier alpha value is -1.95. The minimum Gasteiger partial charge on any atom is -0.484 e. The van der Waals surface area contributed by atoms with Crippen LogP contribution in [0.25, 0.3) is 0 Å². The average Bonchev–Trinajstić information content (AvgIpc) is 2.82. The maximum atomic E-state index is 11.8. The molecule has 5 nitrogen and oxygen atoms in total. The number of hydrogen-bond donors (Lipinski definition) is 1. The highest BCUT2D eigenvalue weighted by Gasteiger charge is 2.16. The van der Waals surface area contributed by atoms with Gasteiger partial charge in [-0.15, -0.1) is 10.2 Å². The molecule has 112 valence electrons. The Balaban J connectivity index is 1.83. The van der Waals surface area contributed by atoms with E-state index in [1.54, 1.807) is 12.1 Å². The van der Waals surface area contributed by atoms with Gasteiger partial charge >= 0.3 is 0 Å². The molecule has 0 aliphatic carbocycles. The molecule has 2 rings (SSSR count). The standard InChI is InChI=1S/C15H19N3O2S/c1-15(2,3)9-13-17-18-14(21-13)16-12(19)10-20-11-7-5-4-6-8-11/h4-8H,9-10H2,1-3H3,(H,16,18,19). The smallest absolute Gasteiger partial charge is 0.264 e. The Morgan fingerprint density at radius 1 is 1.24 bits per heavy atom. The molecule has 1 heterocycles. The number of carbonyl (C=O) groups is 1. The number of nitrogens with zero attached hydrogens (tertiary/aromatic N) is 2. The minimum atomic E-state index is -0.239. The molecule has 1 aromatic heterocycles. The van der Waals surface area contributed by atoms with Crippen LogP contribution < -0.4 is 10.1 Å². The topological polar surface area (TPSA) is 64.1 Å². The first-order valence-electron chi connectivity index (χ1n) is 6.72. The van der Waals surface area contributed by atoms with Crippen molar-refractivity contribution in [2.24, 2.45) is 5.41 Å². The fourth-order valence-corrected chi connectivity index (χ4v) is 2.71. The summed E-state index contributed by atoms with van der Waals surface area (Å²) in [6.07, 6.45) is 0.834. The molecule has 2 aromatic rings. The molecule has 0 radical (unpaired) electrons. The predicted octanol–water partition coefficient (Wildman–Crippen LogP) is 3.14. The van der Waals surface area contributed by atoms with Crippen molar-refractivity contribution in [3.05, 3.63) is 35.3 Å². The molecule has 0 spiro atoms. The van der Waals surface area contributed by atoms with E-state index in [-0.39, 0.29) is 17.9 Å². The molecule has 6 heteroatoms. The van der Waals surface area contributed by atoms with Gasteiger partial charge in [0.05, 0.1) is 0 Å². The molecule has 0 atom stereocenters. The van der Waals surface area contributed by atoms with Crippen molar-refractivity contribution >= 4 is 22.4 Å². The number of aromatic nitrogens is 2. The Bertz CT molecular complexity index is 590. The minimum absolute atomic E-state index is 0.0435. The van der Waals surface area contributed by atoms with Gasteiger partial charge in [-0.05, 0) is 17.5 Å². The van der Waals surface area contributed by atoms with Crippen molar-refractivity contribution in [1.82, 2.24) is 10.2 Å². The van der Waals surface area contributed by atoms with E-state index < -0.39 is 0 Å². The molecule has 0 fully saturated rings. The zero-order chi connectivity index (χ0) is 15.3. The van der Waals surface area contributed by atoms with E-state index in [0.717, 1.165) is 11.4 Å². The van der Waals surface area contributed by atoms with Gasteiger partial charge in [0.1, 0.15) is 10.8 Å². The number of para-hydroxylation sites is 1. The third-order valence-electron chi connectivity index (χ3n) is 2.51. The van der Waals surface area contributed by atoms with Crippen molar-refractivity contribution in [2.45, 2.75) is 27.2 Å². The van der Waals surface area contributed by atoms with Gasteiger partial charge in [-0.1, -0.05) is 50.3 Å². The number of amides is 1. The van der Waals surface area contributed by atoms with Crippen LogP contribution in [0.15, 0.2) is 30.3 Å². The van der Waals surface area contributed by atoms with Crippen molar-refractivity contribution in [3.63, 3.8) is 0 Å². The summed E-state index contributed by atoms with van der Waals surface area (Å²) in [4.78, 5) is 11.8. The zero-order valence-electron chi connectivity index (χ0n) is 12.4. The molecular weight excluding hydrogens is 286 g/mol. The highest BCUT2D eigenvalue weighted by atomic mass is 32.1. The lowest BCUT2D eigenvalue weighted by Crippen LogP contribution is -2.20. The highest BCUT2D eigenvalue weighted by molar-refractivity contribution is 7.15. The first-order chi connectivity index (χ1) is 9.92. The quantitative estimate of drug-likeness (QED) is 0.921. The lowest BCUT2D eigenvalue weighted by atomic mass is 9.93. The van der Waals surface area contributed by atoms with Crippen LogP contribution in [0.2, 0.25) is 0 Å². The van der Waals surface area contributed by atoms with Crippen molar-refractivity contribution in [2.75, 3.05) is 11.9 Å². The van der Waals surface area contributed by atoms with Gasteiger partial charge in [0, 0.05) is 6.42 Å². The number of rotatable bonds is 5. The fraction of sp³-hybridized carbons (Fsp3) is 0.400. The van der Waals surface area contributed by atoms with Crippen molar-refractivity contribution < 1.29 is 9.53 Å². The van der Waals surface area contributed by atoms with Crippen LogP contribution in [0.5, 0.6) is 5.75 Å². The SMILES string of the molecule is CC(C)(C)Cc1nnc(NC(=O)COc2ccccc2)s1. The second-order valence-corrected chi connectivity index (χ2v) is 6.95. The summed E-state index contributed by atoms with van der Waals surface area (Å²) in [6, 6.07) is 9.22. The van der Waals surface area contributed by atoms with Gasteiger partial charge in [0.25, 0.3) is 5.91 Å². The molecule has 0 saturated carbocycles. The Morgan fingerprint density at radius 3 is 2.62 bits per heavy atom. The zero-order valence-corrected chi connectivity index (χ0v) is 13.2. The Kier molecular flexibility index (Phi) is 4.90. The van der Waals surface area contributed by atoms with Crippen LogP contribution in [-0.2, 0) is 11.2 Å². The van der Waals surface area contributed by atoms with Crippen LogP contribution in [0.1, 0.15) is 25.8 Å². The van der Waals surface area contributed by atoms with Gasteiger partial charge in [-0.3, -0.25) is 10.1 Å². The van der Waals surface area contributed by atoms with E-state index in [9.17, 15) is 4.79 Å². The highest BCUT2D eigenvalue weighted by Crippen LogP contribution is 2.24. The summed E-state index contributed by atoms with van der Waals surface area (Å²) in [5.41, 5.74) is 0.150. The van der Waals surface area contributed by atoms with Gasteiger partial charge in [0.2, 0.25) is 5.13 Å². The van der Waals surface area contributed by atoms with E-state index in [2.05, 4.69) is 36.3 Å². The predicted molar refractivity (Wildman–Crippen MR) is 83.6 cm³/mol. The largest absolute Gasteiger partial charge is 0.484 e. The Morgan fingerprint density at radius 2 is 1.95 bits per heavy atom. The number of benzene rings is 1. The normalized spacial score (nSPS) is 11.2. The number of nitrogens with one attached hydrogen (secondary N) is 1. The molecular formula is C15H19N3O2S. The maximum absolute atomic E-state index is 11.8. The van der Waals surface area contributed by atoms with Crippen LogP contribution in [0, 0.1) is 5.41 Å². The molecule has 1 amide bonds. The van der Waals surface area contributed by atoms with Gasteiger partial charge in [-0.25, -0.2) is 0 Å². The van der Waals surface area contributed by atoms with E-state index >= 15 is 0 Å². The van der Waals surface area contributed by atoms with Gasteiger partial charge in [-0.2, -0.15) is 0 Å². The van der Waals surface area contributed by atoms with Crippen LogP contribution in [0.4, 0.5) is 5.13 Å². The summed E-state index contributed by atoms with van der Waals surface area (Å²) >= 11 is 1.40. The number of anilines is 1. The first-order valence-corrected chi connectivity index (χ1v) is 7.54. The summed E-state index contributed by atoms with van der Waals surface area (Å²) in [7, 11) is 0. The monoisotopic (exact) mass is 305 g/mol. The molecule has 1 N–H and O–H groups in total. The van der Waals surface area contributed by atoms with Crippen LogP contribution in [0.3, 0.4) is 0 Å². The number of carbonyl (C=O) groups excluding carboxylic acids is 1. The molecule has 0 bridgehead atoms. The van der Waals surface area contributed by atoms with E-state index in [0.29, 0.717) is 10.9 Å². The van der Waals surface area contributed by atoms with E-state index in [4.69, 9.17) is 4.74 Å². The molecule has 0 aliphatic heterocycles. The lowest BCUT2D eigenvalue weighted by Gasteiger charge is -2.14. The first kappa shape index (κ1) is 15.4. The van der Waals surface area contributed by atoms with Crippen LogP contribution in [-0.4, -0.2) is 22.7 Å². The summed E-state index contributed by atoms with van der Waals surface area (Å²) in [5.74, 6) is 0.427. The summed E-state index contributed by atoms with van der Waals surface area (Å²) in [5, 5.41) is 12.2.